The molecule has 0 radical (unpaired) electrons. The van der Waals surface area contributed by atoms with Gasteiger partial charge in [0.1, 0.15) is 12.4 Å². The van der Waals surface area contributed by atoms with E-state index in [1.54, 1.807) is 0 Å². The van der Waals surface area contributed by atoms with Crippen molar-refractivity contribution in [1.29, 1.82) is 0 Å². The molecule has 1 heterocycles. The molecule has 0 aromatic heterocycles. The van der Waals surface area contributed by atoms with E-state index in [0.29, 0.717) is 25.2 Å². The third-order valence-electron chi connectivity index (χ3n) is 5.52. The highest BCUT2D eigenvalue weighted by molar-refractivity contribution is 5.78. The molecule has 1 aliphatic heterocycles. The first-order chi connectivity index (χ1) is 13.1. The molecule has 0 aliphatic carbocycles. The monoisotopic (exact) mass is 373 g/mol. The Morgan fingerprint density at radius 2 is 1.78 bits per heavy atom. The Bertz CT molecular complexity index is 572. The van der Waals surface area contributed by atoms with Crippen LogP contribution in [-0.2, 0) is 16.1 Å². The molecule has 1 aliphatic rings. The summed E-state index contributed by atoms with van der Waals surface area (Å²) in [5, 5.41) is 0. The van der Waals surface area contributed by atoms with Crippen LogP contribution in [0.2, 0.25) is 0 Å². The smallest absolute Gasteiger partial charge is 0.410 e. The molecule has 4 heteroatoms. The van der Waals surface area contributed by atoms with Gasteiger partial charge in [0.25, 0.3) is 0 Å². The molecule has 0 N–H and O–H groups in total. The lowest BCUT2D eigenvalue weighted by Crippen LogP contribution is -2.40. The summed E-state index contributed by atoms with van der Waals surface area (Å²) in [6.07, 6.45) is 9.59. The van der Waals surface area contributed by atoms with Gasteiger partial charge in [-0.25, -0.2) is 4.79 Å². The number of carbonyl (C=O) groups is 2. The van der Waals surface area contributed by atoms with Crippen LogP contribution in [-0.4, -0.2) is 28.9 Å². The number of ether oxygens (including phenoxy) is 1. The molecule has 0 unspecified atom stereocenters. The van der Waals surface area contributed by atoms with Gasteiger partial charge in [-0.05, 0) is 38.2 Å². The van der Waals surface area contributed by atoms with Gasteiger partial charge in [0.15, 0.2) is 0 Å². The van der Waals surface area contributed by atoms with Crippen LogP contribution < -0.4 is 0 Å². The fourth-order valence-electron chi connectivity index (χ4n) is 3.86. The van der Waals surface area contributed by atoms with Crippen LogP contribution in [0.15, 0.2) is 30.3 Å². The predicted molar refractivity (Wildman–Crippen MR) is 109 cm³/mol. The molecular formula is C23H35NO3. The third kappa shape index (κ3) is 7.36. The first-order valence-electron chi connectivity index (χ1n) is 10.6. The molecule has 0 bridgehead atoms. The zero-order valence-electron chi connectivity index (χ0n) is 17.0. The molecular weight excluding hydrogens is 338 g/mol. The van der Waals surface area contributed by atoms with Crippen LogP contribution in [0.5, 0.6) is 0 Å². The average Bonchev–Trinajstić information content (AvgIpc) is 3.05. The summed E-state index contributed by atoms with van der Waals surface area (Å²) >= 11 is 0. The molecule has 1 saturated heterocycles. The van der Waals surface area contributed by atoms with Gasteiger partial charge < -0.3 is 9.64 Å². The van der Waals surface area contributed by atoms with Crippen molar-refractivity contribution in [3.05, 3.63) is 35.9 Å². The number of Topliss-reactive ketones (excluding diaryl/α,β-unsaturated/α-hetero) is 1. The van der Waals surface area contributed by atoms with Crippen molar-refractivity contribution in [3.63, 3.8) is 0 Å². The summed E-state index contributed by atoms with van der Waals surface area (Å²) in [6.45, 7) is 4.57. The Labute approximate surface area is 164 Å². The fraction of sp³-hybridized carbons (Fsp3) is 0.652. The summed E-state index contributed by atoms with van der Waals surface area (Å²) in [5.74, 6) is 0.337. The summed E-state index contributed by atoms with van der Waals surface area (Å²) in [6, 6.07) is 10.1. The van der Waals surface area contributed by atoms with E-state index >= 15 is 0 Å². The van der Waals surface area contributed by atoms with Crippen LogP contribution in [0.1, 0.15) is 83.6 Å². The molecule has 0 spiro atoms. The number of benzene rings is 1. The lowest BCUT2D eigenvalue weighted by molar-refractivity contribution is -0.119. The summed E-state index contributed by atoms with van der Waals surface area (Å²) in [5.41, 5.74) is 0.993. The van der Waals surface area contributed by atoms with Crippen LogP contribution in [0, 0.1) is 0 Å². The SMILES string of the molecule is CCCCCCCC(=O)CC[C@@H]1CC[C@@H](C)N1C(=O)OCc1ccccc1. The van der Waals surface area contributed by atoms with Crippen LogP contribution in [0.25, 0.3) is 0 Å². The van der Waals surface area contributed by atoms with Gasteiger partial charge in [0.05, 0.1) is 0 Å². The van der Waals surface area contributed by atoms with Crippen molar-refractivity contribution in [1.82, 2.24) is 4.90 Å². The molecule has 1 fully saturated rings. The van der Waals surface area contributed by atoms with E-state index < -0.39 is 0 Å². The van der Waals surface area contributed by atoms with Crippen molar-refractivity contribution in [2.45, 2.75) is 96.7 Å². The van der Waals surface area contributed by atoms with Crippen molar-refractivity contribution in [2.24, 2.45) is 0 Å². The van der Waals surface area contributed by atoms with Gasteiger partial charge >= 0.3 is 6.09 Å². The number of hydrogen-bond acceptors (Lipinski definition) is 3. The second-order valence-corrected chi connectivity index (χ2v) is 7.77. The molecule has 4 nitrogen and oxygen atoms in total. The molecule has 2 atom stereocenters. The zero-order valence-corrected chi connectivity index (χ0v) is 17.0. The molecule has 1 amide bonds. The summed E-state index contributed by atoms with van der Waals surface area (Å²) in [4.78, 5) is 26.6. The minimum Gasteiger partial charge on any atom is -0.445 e. The Morgan fingerprint density at radius 1 is 1.04 bits per heavy atom. The first kappa shape index (κ1) is 21.5. The second-order valence-electron chi connectivity index (χ2n) is 7.77. The van der Waals surface area contributed by atoms with E-state index in [1.165, 1.54) is 19.3 Å². The van der Waals surface area contributed by atoms with Crippen LogP contribution in [0.3, 0.4) is 0 Å². The Balaban J connectivity index is 1.73. The van der Waals surface area contributed by atoms with Crippen molar-refractivity contribution in [3.8, 4) is 0 Å². The Kier molecular flexibility index (Phi) is 9.37. The van der Waals surface area contributed by atoms with E-state index in [0.717, 1.165) is 37.7 Å². The third-order valence-corrected chi connectivity index (χ3v) is 5.52. The van der Waals surface area contributed by atoms with Gasteiger partial charge in [0, 0.05) is 24.9 Å². The molecule has 150 valence electrons. The Morgan fingerprint density at radius 3 is 2.52 bits per heavy atom. The number of ketones is 1. The number of rotatable bonds is 11. The summed E-state index contributed by atoms with van der Waals surface area (Å²) in [7, 11) is 0. The number of hydrogen-bond donors (Lipinski definition) is 0. The van der Waals surface area contributed by atoms with Gasteiger partial charge in [-0.3, -0.25) is 4.79 Å². The van der Waals surface area contributed by atoms with Crippen molar-refractivity contribution >= 4 is 11.9 Å². The quantitative estimate of drug-likeness (QED) is 0.455. The predicted octanol–water partition coefficient (Wildman–Crippen LogP) is 5.89. The maximum Gasteiger partial charge on any atom is 0.410 e. The molecule has 1 aromatic carbocycles. The van der Waals surface area contributed by atoms with Gasteiger partial charge in [-0.2, -0.15) is 0 Å². The van der Waals surface area contributed by atoms with E-state index in [-0.39, 0.29) is 18.2 Å². The molecule has 1 aromatic rings. The van der Waals surface area contributed by atoms with E-state index in [4.69, 9.17) is 4.74 Å². The lowest BCUT2D eigenvalue weighted by atomic mass is 10.0. The standard InChI is InChI=1S/C23H35NO3/c1-3-4-5-6-10-13-22(25)17-16-21-15-14-19(2)24(21)23(26)27-18-20-11-8-7-9-12-20/h7-9,11-12,19,21H,3-6,10,13-18H2,1-2H3/t19-,21+/m1/s1. The molecule has 27 heavy (non-hydrogen) atoms. The van der Waals surface area contributed by atoms with Gasteiger partial charge in [0.2, 0.25) is 0 Å². The fourth-order valence-corrected chi connectivity index (χ4v) is 3.86. The number of amides is 1. The normalized spacial score (nSPS) is 19.3. The number of carbonyl (C=O) groups excluding carboxylic acids is 2. The minimum atomic E-state index is -0.249. The number of nitrogens with zero attached hydrogens (tertiary/aromatic N) is 1. The lowest BCUT2D eigenvalue weighted by Gasteiger charge is -2.27. The average molecular weight is 374 g/mol. The van der Waals surface area contributed by atoms with Crippen LogP contribution in [0.4, 0.5) is 4.79 Å². The molecule has 0 saturated carbocycles. The van der Waals surface area contributed by atoms with Crippen molar-refractivity contribution < 1.29 is 14.3 Å². The number of unbranched alkanes of at least 4 members (excludes halogenated alkanes) is 4. The van der Waals surface area contributed by atoms with Gasteiger partial charge in [-0.1, -0.05) is 62.9 Å². The zero-order chi connectivity index (χ0) is 19.5. The Hall–Kier alpha value is -1.84. The molecule has 2 rings (SSSR count). The highest BCUT2D eigenvalue weighted by Gasteiger charge is 2.35. The van der Waals surface area contributed by atoms with E-state index in [9.17, 15) is 9.59 Å². The van der Waals surface area contributed by atoms with Crippen LogP contribution >= 0.6 is 0 Å². The number of likely N-dealkylation sites (tertiary alicyclic amines) is 1. The second kappa shape index (κ2) is 11.8. The summed E-state index contributed by atoms with van der Waals surface area (Å²) < 4.78 is 5.52. The highest BCUT2D eigenvalue weighted by atomic mass is 16.6. The maximum atomic E-state index is 12.6. The highest BCUT2D eigenvalue weighted by Crippen LogP contribution is 2.28. The first-order valence-corrected chi connectivity index (χ1v) is 10.6. The largest absolute Gasteiger partial charge is 0.445 e. The maximum absolute atomic E-state index is 12.6. The topological polar surface area (TPSA) is 46.6 Å². The van der Waals surface area contributed by atoms with Crippen molar-refractivity contribution in [2.75, 3.05) is 0 Å². The van der Waals surface area contributed by atoms with E-state index in [2.05, 4.69) is 13.8 Å². The van der Waals surface area contributed by atoms with Gasteiger partial charge in [-0.15, -0.1) is 0 Å². The minimum absolute atomic E-state index is 0.132. The van der Waals surface area contributed by atoms with E-state index in [1.807, 2.05) is 35.2 Å².